The van der Waals surface area contributed by atoms with Gasteiger partial charge in [0.2, 0.25) is 0 Å². The van der Waals surface area contributed by atoms with E-state index in [0.717, 1.165) is 5.56 Å². The third-order valence-electron chi connectivity index (χ3n) is 2.60. The van der Waals surface area contributed by atoms with Crippen LogP contribution < -0.4 is 0 Å². The Labute approximate surface area is 109 Å². The van der Waals surface area contributed by atoms with Crippen molar-refractivity contribution in [3.8, 4) is 0 Å². The molecule has 90 valence electrons. The lowest BCUT2D eigenvalue weighted by Crippen LogP contribution is -2.31. The molecule has 0 amide bonds. The first-order chi connectivity index (χ1) is 8.18. The quantitative estimate of drug-likeness (QED) is 0.922. The van der Waals surface area contributed by atoms with Crippen LogP contribution >= 0.6 is 22.9 Å². The summed E-state index contributed by atoms with van der Waals surface area (Å²) in [5.74, 6) is 0. The highest BCUT2D eigenvalue weighted by molar-refractivity contribution is 7.10. The monoisotopic (exact) mass is 268 g/mol. The number of methoxy groups -OCH3 is 1. The molecule has 0 aliphatic carbocycles. The summed E-state index contributed by atoms with van der Waals surface area (Å²) < 4.78 is 5.14. The normalized spacial score (nSPS) is 14.5. The topological polar surface area (TPSA) is 29.5 Å². The van der Waals surface area contributed by atoms with Crippen LogP contribution in [0.4, 0.5) is 0 Å². The number of halogens is 1. The smallest absolute Gasteiger partial charge is 0.148 e. The largest absolute Gasteiger partial charge is 0.381 e. The summed E-state index contributed by atoms with van der Waals surface area (Å²) in [6.07, 6.45) is 0. The maximum Gasteiger partial charge on any atom is 0.148 e. The zero-order valence-corrected chi connectivity index (χ0v) is 11.0. The molecule has 2 rings (SSSR count). The first-order valence-electron chi connectivity index (χ1n) is 5.19. The minimum absolute atomic E-state index is 0.178. The SMILES string of the molecule is COCC(O)(c1ccccc1)c1sccc1Cl. The molecule has 0 fully saturated rings. The molecule has 0 aliphatic rings. The fourth-order valence-corrected chi connectivity index (χ4v) is 3.11. The van der Waals surface area contributed by atoms with Crippen molar-refractivity contribution in [1.82, 2.24) is 0 Å². The Balaban J connectivity index is 2.50. The molecule has 1 aromatic carbocycles. The van der Waals surface area contributed by atoms with Gasteiger partial charge in [-0.05, 0) is 17.0 Å². The maximum absolute atomic E-state index is 10.8. The number of hydrogen-bond donors (Lipinski definition) is 1. The zero-order chi connectivity index (χ0) is 12.3. The van der Waals surface area contributed by atoms with E-state index in [9.17, 15) is 5.11 Å². The van der Waals surface area contributed by atoms with Crippen LogP contribution in [0.1, 0.15) is 10.4 Å². The van der Waals surface area contributed by atoms with E-state index in [0.29, 0.717) is 9.90 Å². The molecule has 2 nitrogen and oxygen atoms in total. The highest BCUT2D eigenvalue weighted by Gasteiger charge is 2.34. The van der Waals surface area contributed by atoms with Crippen LogP contribution in [0.2, 0.25) is 5.02 Å². The predicted octanol–water partition coefficient (Wildman–Crippen LogP) is 3.28. The molecule has 1 N–H and O–H groups in total. The standard InChI is InChI=1S/C13H13ClO2S/c1-16-9-13(15,10-5-3-2-4-6-10)12-11(14)7-8-17-12/h2-8,15H,9H2,1H3. The minimum atomic E-state index is -1.18. The van der Waals surface area contributed by atoms with Gasteiger partial charge >= 0.3 is 0 Å². The molecule has 17 heavy (non-hydrogen) atoms. The Bertz CT molecular complexity index is 483. The summed E-state index contributed by atoms with van der Waals surface area (Å²) in [4.78, 5) is 0.715. The average molecular weight is 269 g/mol. The van der Waals surface area contributed by atoms with Crippen molar-refractivity contribution < 1.29 is 9.84 Å². The Hall–Kier alpha value is -0.870. The molecule has 1 atom stereocenters. The van der Waals surface area contributed by atoms with E-state index >= 15 is 0 Å². The van der Waals surface area contributed by atoms with Crippen LogP contribution in [-0.4, -0.2) is 18.8 Å². The van der Waals surface area contributed by atoms with Crippen molar-refractivity contribution in [3.63, 3.8) is 0 Å². The summed E-state index contributed by atoms with van der Waals surface area (Å²) in [5.41, 5.74) is -0.396. The third-order valence-corrected chi connectivity index (χ3v) is 4.09. The van der Waals surface area contributed by atoms with Gasteiger partial charge in [0.05, 0.1) is 16.5 Å². The number of rotatable bonds is 4. The maximum atomic E-state index is 10.8. The van der Waals surface area contributed by atoms with E-state index in [2.05, 4.69) is 0 Å². The van der Waals surface area contributed by atoms with Gasteiger partial charge in [-0.1, -0.05) is 41.9 Å². The summed E-state index contributed by atoms with van der Waals surface area (Å²) in [6, 6.07) is 11.2. The van der Waals surface area contributed by atoms with Gasteiger partial charge in [-0.25, -0.2) is 0 Å². The van der Waals surface area contributed by atoms with Crippen LogP contribution in [0.15, 0.2) is 41.8 Å². The average Bonchev–Trinajstić information content (AvgIpc) is 2.77. The van der Waals surface area contributed by atoms with Gasteiger partial charge in [0, 0.05) is 7.11 Å². The van der Waals surface area contributed by atoms with Crippen LogP contribution in [0.5, 0.6) is 0 Å². The van der Waals surface area contributed by atoms with Gasteiger partial charge in [-0.2, -0.15) is 0 Å². The third kappa shape index (κ3) is 2.38. The van der Waals surface area contributed by atoms with E-state index in [1.54, 1.807) is 13.2 Å². The van der Waals surface area contributed by atoms with E-state index in [1.807, 2.05) is 35.7 Å². The molecule has 0 bridgehead atoms. The van der Waals surface area contributed by atoms with Crippen LogP contribution in [0, 0.1) is 0 Å². The number of aliphatic hydroxyl groups is 1. The molecule has 2 aromatic rings. The Morgan fingerprint density at radius 2 is 2.00 bits per heavy atom. The lowest BCUT2D eigenvalue weighted by Gasteiger charge is -2.27. The van der Waals surface area contributed by atoms with Crippen LogP contribution in [0.25, 0.3) is 0 Å². The summed E-state index contributed by atoms with van der Waals surface area (Å²) in [6.45, 7) is 0.178. The molecule has 0 saturated heterocycles. The van der Waals surface area contributed by atoms with E-state index in [4.69, 9.17) is 16.3 Å². The first kappa shape index (κ1) is 12.6. The molecule has 4 heteroatoms. The zero-order valence-electron chi connectivity index (χ0n) is 9.39. The Morgan fingerprint density at radius 1 is 1.29 bits per heavy atom. The van der Waals surface area contributed by atoms with E-state index < -0.39 is 5.60 Å². The lowest BCUT2D eigenvalue weighted by atomic mass is 9.93. The van der Waals surface area contributed by atoms with Crippen molar-refractivity contribution in [1.29, 1.82) is 0 Å². The Morgan fingerprint density at radius 3 is 2.53 bits per heavy atom. The lowest BCUT2D eigenvalue weighted by molar-refractivity contribution is -0.000547. The van der Waals surface area contributed by atoms with Crippen molar-refractivity contribution in [2.45, 2.75) is 5.60 Å². The van der Waals surface area contributed by atoms with Gasteiger partial charge in [0.25, 0.3) is 0 Å². The number of benzene rings is 1. The highest BCUT2D eigenvalue weighted by Crippen LogP contribution is 2.38. The first-order valence-corrected chi connectivity index (χ1v) is 6.44. The number of ether oxygens (including phenoxy) is 1. The van der Waals surface area contributed by atoms with E-state index in [-0.39, 0.29) is 6.61 Å². The number of thiophene rings is 1. The minimum Gasteiger partial charge on any atom is -0.381 e. The predicted molar refractivity (Wildman–Crippen MR) is 70.6 cm³/mol. The van der Waals surface area contributed by atoms with Crippen molar-refractivity contribution in [3.05, 3.63) is 57.2 Å². The van der Waals surface area contributed by atoms with E-state index in [1.165, 1.54) is 11.3 Å². The summed E-state index contributed by atoms with van der Waals surface area (Å²) in [5, 5.41) is 13.3. The van der Waals surface area contributed by atoms with Gasteiger partial charge in [-0.3, -0.25) is 0 Å². The number of hydrogen-bond acceptors (Lipinski definition) is 3. The van der Waals surface area contributed by atoms with Crippen molar-refractivity contribution >= 4 is 22.9 Å². The second kappa shape index (κ2) is 5.19. The molecule has 0 radical (unpaired) electrons. The van der Waals surface area contributed by atoms with Gasteiger partial charge in [0.15, 0.2) is 0 Å². The fraction of sp³-hybridized carbons (Fsp3) is 0.231. The fourth-order valence-electron chi connectivity index (χ4n) is 1.79. The molecular weight excluding hydrogens is 256 g/mol. The molecule has 1 aromatic heterocycles. The Kier molecular flexibility index (Phi) is 3.84. The molecular formula is C13H13ClO2S. The van der Waals surface area contributed by atoms with Gasteiger partial charge < -0.3 is 9.84 Å². The van der Waals surface area contributed by atoms with Crippen molar-refractivity contribution in [2.75, 3.05) is 13.7 Å². The second-order valence-corrected chi connectivity index (χ2v) is 5.08. The molecule has 0 saturated carbocycles. The summed E-state index contributed by atoms with van der Waals surface area (Å²) >= 11 is 7.53. The van der Waals surface area contributed by atoms with Crippen LogP contribution in [0.3, 0.4) is 0 Å². The molecule has 1 unspecified atom stereocenters. The molecule has 0 spiro atoms. The molecule has 0 aliphatic heterocycles. The summed E-state index contributed by atoms with van der Waals surface area (Å²) in [7, 11) is 1.56. The van der Waals surface area contributed by atoms with Gasteiger partial charge in [-0.15, -0.1) is 11.3 Å². The second-order valence-electron chi connectivity index (χ2n) is 3.76. The highest BCUT2D eigenvalue weighted by atomic mass is 35.5. The molecule has 1 heterocycles. The van der Waals surface area contributed by atoms with Gasteiger partial charge in [0.1, 0.15) is 5.60 Å². The van der Waals surface area contributed by atoms with Crippen molar-refractivity contribution in [2.24, 2.45) is 0 Å². The van der Waals surface area contributed by atoms with Crippen LogP contribution in [-0.2, 0) is 10.3 Å².